The molecule has 0 aromatic heterocycles. The second-order valence-corrected chi connectivity index (χ2v) is 10.7. The van der Waals surface area contributed by atoms with Crippen molar-refractivity contribution >= 4 is 21.0 Å². The first-order chi connectivity index (χ1) is 16.1. The zero-order chi connectivity index (χ0) is 26.6. The number of phenols is 1. The van der Waals surface area contributed by atoms with Crippen LogP contribution in [0.1, 0.15) is 11.1 Å². The quantitative estimate of drug-likeness (QED) is 0.241. The Labute approximate surface area is 201 Å². The van der Waals surface area contributed by atoms with Crippen LogP contribution in [0.2, 0.25) is 0 Å². The molecule has 0 amide bonds. The lowest BCUT2D eigenvalue weighted by molar-refractivity contribution is -0.223. The average molecular weight is 539 g/mol. The Kier molecular flexibility index (Phi) is 8.90. The molecular weight excluding hydrogens is 518 g/mol. The van der Waals surface area contributed by atoms with E-state index in [1.54, 1.807) is 0 Å². The molecule has 0 bridgehead atoms. The molecule has 190 valence electrons. The largest absolute Gasteiger partial charge is 0.743 e. The molecule has 3 rings (SSSR count). The average Bonchev–Trinajstić information content (AvgIpc) is 2.77. The van der Waals surface area contributed by atoms with E-state index in [0.717, 1.165) is 11.1 Å². The van der Waals surface area contributed by atoms with Crippen LogP contribution in [0.5, 0.6) is 5.75 Å². The fraction of sp³-hybridized carbons (Fsp3) is 0.217. The van der Waals surface area contributed by atoms with Crippen LogP contribution in [-0.2, 0) is 21.0 Å². The minimum atomic E-state index is -6.66. The minimum absolute atomic E-state index is 0.155. The fourth-order valence-electron chi connectivity index (χ4n) is 2.87. The zero-order valence-electron chi connectivity index (χ0n) is 18.3. The molecule has 0 aliphatic rings. The maximum atomic E-state index is 11.8. The third-order valence-electron chi connectivity index (χ3n) is 4.57. The summed E-state index contributed by atoms with van der Waals surface area (Å²) in [5.74, 6) is 0.397. The maximum absolute atomic E-state index is 11.8. The van der Waals surface area contributed by atoms with Gasteiger partial charge in [-0.2, -0.15) is 22.0 Å². The third-order valence-corrected chi connectivity index (χ3v) is 7.64. The molecule has 0 saturated heterocycles. The van der Waals surface area contributed by atoms with Gasteiger partial charge < -0.3 is 9.66 Å². The number of alkyl halides is 6. The molecule has 0 radical (unpaired) electrons. The van der Waals surface area contributed by atoms with Gasteiger partial charge in [0.1, 0.15) is 5.75 Å². The van der Waals surface area contributed by atoms with Crippen molar-refractivity contribution in [1.29, 1.82) is 0 Å². The Morgan fingerprint density at radius 3 is 1.46 bits per heavy atom. The summed E-state index contributed by atoms with van der Waals surface area (Å²) in [4.78, 5) is 3.82. The predicted molar refractivity (Wildman–Crippen MR) is 118 cm³/mol. The normalized spacial score (nSPS) is 13.2. The monoisotopic (exact) mass is 538 g/mol. The highest BCUT2D eigenvalue weighted by Crippen LogP contribution is 2.38. The smallest absolute Gasteiger partial charge is 0.426 e. The number of hydrogen-bond acceptors (Lipinski definition) is 4. The number of hydrogen-bond donors (Lipinski definition) is 1. The fourth-order valence-corrected chi connectivity index (χ4v) is 5.52. The van der Waals surface area contributed by atoms with Gasteiger partial charge in [0.15, 0.2) is 24.8 Å². The van der Waals surface area contributed by atoms with Crippen molar-refractivity contribution in [3.63, 3.8) is 0 Å². The van der Waals surface area contributed by atoms with Gasteiger partial charge in [-0.05, 0) is 49.2 Å². The van der Waals surface area contributed by atoms with E-state index in [1.165, 1.54) is 14.7 Å². The van der Waals surface area contributed by atoms with Gasteiger partial charge in [-0.1, -0.05) is 36.4 Å². The van der Waals surface area contributed by atoms with Gasteiger partial charge in [0, 0.05) is 12.1 Å². The minimum Gasteiger partial charge on any atom is -0.743 e. The molecule has 1 N–H and O–H groups in total. The van der Waals surface area contributed by atoms with Crippen molar-refractivity contribution in [2.75, 3.05) is 0 Å². The van der Waals surface area contributed by atoms with E-state index in [4.69, 9.17) is 0 Å². The van der Waals surface area contributed by atoms with Crippen LogP contribution in [0, 0.1) is 13.8 Å². The number of benzene rings is 3. The lowest BCUT2D eigenvalue weighted by Crippen LogP contribution is -2.46. The predicted octanol–water partition coefficient (Wildman–Crippen LogP) is 6.13. The number of phenolic OH excluding ortho intramolecular Hbond substituents is 1. The number of aryl methyl sites for hydroxylation is 2. The number of aromatic hydroxyl groups is 1. The van der Waals surface area contributed by atoms with Crippen LogP contribution in [0.25, 0.3) is 0 Å². The molecular formula is C23H20F6O4S2. The SMILES string of the molecule is Cc1cc([S+](c2ccccc2)c2ccccc2)cc(C)c1O.O=S(=O)([O-])C(F)(F)C(F)C(F)(F)F. The van der Waals surface area contributed by atoms with Gasteiger partial charge in [0.25, 0.3) is 6.17 Å². The number of rotatable bonds is 5. The molecule has 35 heavy (non-hydrogen) atoms. The Hall–Kier alpha value is -2.70. The van der Waals surface area contributed by atoms with Crippen molar-refractivity contribution in [2.45, 2.75) is 46.1 Å². The Balaban J connectivity index is 0.000000287. The summed E-state index contributed by atoms with van der Waals surface area (Å²) >= 11 is 0. The highest BCUT2D eigenvalue weighted by atomic mass is 32.2. The van der Waals surface area contributed by atoms with E-state index >= 15 is 0 Å². The standard InChI is InChI=1S/C20H18OS.C3H2F6O3S/c1-15-13-19(14-16(2)20(15)21)22(17-9-5-3-6-10-17)18-11-7-4-8-12-18;4-1(2(5,6)7)3(8,9)13(10,11)12/h3-14H,1-2H3;1H,(H,10,11,12). The van der Waals surface area contributed by atoms with Crippen LogP contribution in [0.3, 0.4) is 0 Å². The summed E-state index contributed by atoms with van der Waals surface area (Å²) < 4.78 is 97.5. The molecule has 1 atom stereocenters. The molecule has 0 spiro atoms. The first-order valence-electron chi connectivity index (χ1n) is 9.76. The summed E-state index contributed by atoms with van der Waals surface area (Å²) in [6, 6.07) is 25.3. The van der Waals surface area contributed by atoms with Gasteiger partial charge >= 0.3 is 11.4 Å². The van der Waals surface area contributed by atoms with E-state index < -0.39 is 27.7 Å². The van der Waals surface area contributed by atoms with Crippen LogP contribution >= 0.6 is 0 Å². The van der Waals surface area contributed by atoms with Crippen molar-refractivity contribution in [2.24, 2.45) is 0 Å². The van der Waals surface area contributed by atoms with E-state index in [1.807, 2.05) is 26.0 Å². The van der Waals surface area contributed by atoms with Gasteiger partial charge in [0.2, 0.25) is 0 Å². The molecule has 0 aliphatic carbocycles. The molecule has 0 aliphatic heterocycles. The number of halogens is 6. The van der Waals surface area contributed by atoms with Crippen molar-refractivity contribution in [1.82, 2.24) is 0 Å². The third kappa shape index (κ3) is 6.92. The summed E-state index contributed by atoms with van der Waals surface area (Å²) in [6.45, 7) is 3.92. The first kappa shape index (κ1) is 28.5. The Morgan fingerprint density at radius 2 is 1.17 bits per heavy atom. The van der Waals surface area contributed by atoms with Crippen LogP contribution in [-0.4, -0.2) is 35.7 Å². The summed E-state index contributed by atoms with van der Waals surface area (Å²) in [6.07, 6.45) is -11.1. The van der Waals surface area contributed by atoms with Gasteiger partial charge in [-0.3, -0.25) is 0 Å². The molecule has 0 saturated carbocycles. The molecule has 1 unspecified atom stereocenters. The summed E-state index contributed by atoms with van der Waals surface area (Å²) in [5, 5.41) is 4.06. The lowest BCUT2D eigenvalue weighted by atomic mass is 10.1. The van der Waals surface area contributed by atoms with E-state index in [0.29, 0.717) is 5.75 Å². The van der Waals surface area contributed by atoms with Crippen molar-refractivity contribution < 1.29 is 44.4 Å². The first-order valence-corrected chi connectivity index (χ1v) is 12.4. The molecule has 0 heterocycles. The van der Waals surface area contributed by atoms with Gasteiger partial charge in [-0.25, -0.2) is 12.8 Å². The second kappa shape index (κ2) is 10.9. The highest BCUT2D eigenvalue weighted by Gasteiger charge is 2.61. The van der Waals surface area contributed by atoms with Crippen LogP contribution < -0.4 is 0 Å². The molecule has 3 aromatic carbocycles. The molecule has 0 fully saturated rings. The van der Waals surface area contributed by atoms with Crippen molar-refractivity contribution in [3.8, 4) is 5.75 Å². The summed E-state index contributed by atoms with van der Waals surface area (Å²) in [5.41, 5.74) is 1.86. The topological polar surface area (TPSA) is 77.4 Å². The summed E-state index contributed by atoms with van der Waals surface area (Å²) in [7, 11) is -6.82. The Morgan fingerprint density at radius 1 is 0.800 bits per heavy atom. The van der Waals surface area contributed by atoms with E-state index in [2.05, 4.69) is 60.7 Å². The Bertz CT molecular complexity index is 1170. The maximum Gasteiger partial charge on any atom is 0.426 e. The second-order valence-electron chi connectivity index (χ2n) is 7.26. The highest BCUT2D eigenvalue weighted by molar-refractivity contribution is 7.97. The lowest BCUT2D eigenvalue weighted by Gasteiger charge is -2.24. The zero-order valence-corrected chi connectivity index (χ0v) is 19.9. The van der Waals surface area contributed by atoms with Crippen molar-refractivity contribution in [3.05, 3.63) is 83.9 Å². The molecule has 4 nitrogen and oxygen atoms in total. The molecule has 3 aromatic rings. The molecule has 12 heteroatoms. The van der Waals surface area contributed by atoms with E-state index in [9.17, 15) is 44.4 Å². The van der Waals surface area contributed by atoms with Gasteiger partial charge in [-0.15, -0.1) is 0 Å². The van der Waals surface area contributed by atoms with Gasteiger partial charge in [0.05, 0.1) is 10.9 Å². The van der Waals surface area contributed by atoms with Crippen LogP contribution in [0.15, 0.2) is 87.5 Å². The van der Waals surface area contributed by atoms with Crippen LogP contribution in [0.4, 0.5) is 26.3 Å². The van der Waals surface area contributed by atoms with E-state index in [-0.39, 0.29) is 10.9 Å².